The average molecular weight is 243 g/mol. The largest absolute Gasteiger partial charge is 0.385 e. The normalized spacial score (nSPS) is 10.4. The molecule has 0 aromatic heterocycles. The highest BCUT2D eigenvalue weighted by Gasteiger charge is 1.97. The molecule has 2 rings (SSSR count). The zero-order valence-electron chi connectivity index (χ0n) is 10.8. The van der Waals surface area contributed by atoms with E-state index in [4.69, 9.17) is 0 Å². The summed E-state index contributed by atoms with van der Waals surface area (Å²) < 4.78 is 12.7. The summed E-state index contributed by atoms with van der Waals surface area (Å²) >= 11 is 0. The molecule has 0 saturated heterocycles. The van der Waals surface area contributed by atoms with Crippen molar-refractivity contribution in [1.29, 1.82) is 0 Å². The van der Waals surface area contributed by atoms with Crippen molar-refractivity contribution in [2.75, 3.05) is 11.9 Å². The molecule has 0 spiro atoms. The second-order valence-corrected chi connectivity index (χ2v) is 4.60. The molecule has 0 fully saturated rings. The molecule has 2 heteroatoms. The summed E-state index contributed by atoms with van der Waals surface area (Å²) in [6, 6.07) is 13.0. The monoisotopic (exact) mass is 243 g/mol. The molecular weight excluding hydrogens is 225 g/mol. The summed E-state index contributed by atoms with van der Waals surface area (Å²) in [7, 11) is 0. The Kier molecular flexibility index (Phi) is 3.98. The van der Waals surface area contributed by atoms with Gasteiger partial charge in [0.2, 0.25) is 0 Å². The van der Waals surface area contributed by atoms with E-state index in [1.165, 1.54) is 23.3 Å². The summed E-state index contributed by atoms with van der Waals surface area (Å²) in [6.45, 7) is 5.08. The lowest BCUT2D eigenvalue weighted by molar-refractivity contribution is 0.627. The van der Waals surface area contributed by atoms with Gasteiger partial charge in [0.15, 0.2) is 0 Å². The zero-order chi connectivity index (χ0) is 13.0. The molecule has 1 N–H and O–H groups in total. The first-order valence-electron chi connectivity index (χ1n) is 6.21. The Morgan fingerprint density at radius 1 is 0.944 bits per heavy atom. The maximum Gasteiger partial charge on any atom is 0.123 e. The molecule has 0 radical (unpaired) electrons. The van der Waals surface area contributed by atoms with Crippen molar-refractivity contribution in [3.8, 4) is 0 Å². The van der Waals surface area contributed by atoms with Gasteiger partial charge in [0.25, 0.3) is 0 Å². The Balaban J connectivity index is 1.88. The van der Waals surface area contributed by atoms with Gasteiger partial charge in [-0.3, -0.25) is 0 Å². The van der Waals surface area contributed by atoms with Gasteiger partial charge in [-0.2, -0.15) is 0 Å². The van der Waals surface area contributed by atoms with E-state index in [0.29, 0.717) is 0 Å². The Bertz CT molecular complexity index is 517. The first kappa shape index (κ1) is 12.6. The molecule has 0 saturated carbocycles. The standard InChI is InChI=1S/C16H18FN/c1-12-3-8-16(11-13(12)2)18-10-9-14-4-6-15(17)7-5-14/h3-8,11,18H,9-10H2,1-2H3. The van der Waals surface area contributed by atoms with Crippen molar-refractivity contribution in [2.24, 2.45) is 0 Å². The number of aryl methyl sites for hydroxylation is 2. The lowest BCUT2D eigenvalue weighted by Crippen LogP contribution is -2.05. The summed E-state index contributed by atoms with van der Waals surface area (Å²) in [5, 5.41) is 3.38. The number of hydrogen-bond acceptors (Lipinski definition) is 1. The highest BCUT2D eigenvalue weighted by molar-refractivity contribution is 5.48. The van der Waals surface area contributed by atoms with E-state index in [2.05, 4.69) is 37.4 Å². The molecule has 0 bridgehead atoms. The van der Waals surface area contributed by atoms with Crippen LogP contribution < -0.4 is 5.32 Å². The van der Waals surface area contributed by atoms with E-state index in [0.717, 1.165) is 24.2 Å². The number of rotatable bonds is 4. The van der Waals surface area contributed by atoms with Crippen LogP contribution in [0.1, 0.15) is 16.7 Å². The van der Waals surface area contributed by atoms with Crippen LogP contribution in [0.5, 0.6) is 0 Å². The SMILES string of the molecule is Cc1ccc(NCCc2ccc(F)cc2)cc1C. The van der Waals surface area contributed by atoms with Crippen molar-refractivity contribution >= 4 is 5.69 Å². The first-order chi connectivity index (χ1) is 8.65. The molecule has 0 aliphatic carbocycles. The number of anilines is 1. The van der Waals surface area contributed by atoms with Crippen LogP contribution in [0, 0.1) is 19.7 Å². The van der Waals surface area contributed by atoms with Crippen molar-refractivity contribution < 1.29 is 4.39 Å². The Morgan fingerprint density at radius 2 is 1.67 bits per heavy atom. The minimum atomic E-state index is -0.180. The van der Waals surface area contributed by atoms with E-state index in [9.17, 15) is 4.39 Å². The first-order valence-corrected chi connectivity index (χ1v) is 6.21. The number of nitrogens with one attached hydrogen (secondary N) is 1. The minimum Gasteiger partial charge on any atom is -0.385 e. The van der Waals surface area contributed by atoms with E-state index < -0.39 is 0 Å². The van der Waals surface area contributed by atoms with Crippen LogP contribution in [0.4, 0.5) is 10.1 Å². The second kappa shape index (κ2) is 5.67. The topological polar surface area (TPSA) is 12.0 Å². The highest BCUT2D eigenvalue weighted by atomic mass is 19.1. The lowest BCUT2D eigenvalue weighted by atomic mass is 10.1. The van der Waals surface area contributed by atoms with Crippen LogP contribution in [-0.2, 0) is 6.42 Å². The minimum absolute atomic E-state index is 0.180. The lowest BCUT2D eigenvalue weighted by Gasteiger charge is -2.08. The third kappa shape index (κ3) is 3.33. The van der Waals surface area contributed by atoms with Gasteiger partial charge in [0.1, 0.15) is 5.82 Å². The van der Waals surface area contributed by atoms with Crippen LogP contribution in [-0.4, -0.2) is 6.54 Å². The van der Waals surface area contributed by atoms with Crippen LogP contribution in [0.2, 0.25) is 0 Å². The molecule has 0 heterocycles. The smallest absolute Gasteiger partial charge is 0.123 e. The van der Waals surface area contributed by atoms with E-state index in [1.54, 1.807) is 0 Å². The third-order valence-electron chi connectivity index (χ3n) is 3.16. The molecule has 0 amide bonds. The maximum absolute atomic E-state index is 12.7. The van der Waals surface area contributed by atoms with Crippen LogP contribution >= 0.6 is 0 Å². The molecule has 2 aromatic carbocycles. The maximum atomic E-state index is 12.7. The molecule has 94 valence electrons. The van der Waals surface area contributed by atoms with Gasteiger partial charge in [-0.25, -0.2) is 4.39 Å². The molecule has 0 aliphatic heterocycles. The van der Waals surface area contributed by atoms with E-state index in [1.807, 2.05) is 12.1 Å². The van der Waals surface area contributed by atoms with E-state index in [-0.39, 0.29) is 5.82 Å². The molecule has 2 aromatic rings. The van der Waals surface area contributed by atoms with Gasteiger partial charge < -0.3 is 5.32 Å². The van der Waals surface area contributed by atoms with Gasteiger partial charge in [0.05, 0.1) is 0 Å². The molecular formula is C16H18FN. The highest BCUT2D eigenvalue weighted by Crippen LogP contribution is 2.14. The Hall–Kier alpha value is -1.83. The molecule has 0 aliphatic rings. The van der Waals surface area contributed by atoms with Crippen molar-refractivity contribution in [3.05, 3.63) is 65.0 Å². The summed E-state index contributed by atoms with van der Waals surface area (Å²) in [4.78, 5) is 0. The molecule has 0 unspecified atom stereocenters. The van der Waals surface area contributed by atoms with Crippen LogP contribution in [0.25, 0.3) is 0 Å². The van der Waals surface area contributed by atoms with Crippen LogP contribution in [0.15, 0.2) is 42.5 Å². The van der Waals surface area contributed by atoms with Crippen molar-refractivity contribution in [3.63, 3.8) is 0 Å². The summed E-state index contributed by atoms with van der Waals surface area (Å²) in [6.07, 6.45) is 0.896. The molecule has 1 nitrogen and oxygen atoms in total. The predicted octanol–water partition coefficient (Wildman–Crippen LogP) is 4.10. The van der Waals surface area contributed by atoms with Gasteiger partial charge in [-0.05, 0) is 61.2 Å². The van der Waals surface area contributed by atoms with Gasteiger partial charge in [-0.15, -0.1) is 0 Å². The average Bonchev–Trinajstić information content (AvgIpc) is 2.36. The van der Waals surface area contributed by atoms with E-state index >= 15 is 0 Å². The number of halogens is 1. The van der Waals surface area contributed by atoms with Gasteiger partial charge in [-0.1, -0.05) is 18.2 Å². The van der Waals surface area contributed by atoms with Crippen molar-refractivity contribution in [2.45, 2.75) is 20.3 Å². The van der Waals surface area contributed by atoms with Crippen LogP contribution in [0.3, 0.4) is 0 Å². The van der Waals surface area contributed by atoms with Gasteiger partial charge >= 0.3 is 0 Å². The molecule has 18 heavy (non-hydrogen) atoms. The summed E-state index contributed by atoms with van der Waals surface area (Å²) in [5.41, 5.74) is 4.88. The zero-order valence-corrected chi connectivity index (χ0v) is 10.8. The van der Waals surface area contributed by atoms with Gasteiger partial charge in [0, 0.05) is 12.2 Å². The third-order valence-corrected chi connectivity index (χ3v) is 3.16. The van der Waals surface area contributed by atoms with Crippen molar-refractivity contribution in [1.82, 2.24) is 0 Å². The fraction of sp³-hybridized carbons (Fsp3) is 0.250. The predicted molar refractivity (Wildman–Crippen MR) is 74.5 cm³/mol. The summed E-state index contributed by atoms with van der Waals surface area (Å²) in [5.74, 6) is -0.180. The second-order valence-electron chi connectivity index (χ2n) is 4.60. The molecule has 0 atom stereocenters. The fourth-order valence-electron chi connectivity index (χ4n) is 1.85. The fourth-order valence-corrected chi connectivity index (χ4v) is 1.85. The number of benzene rings is 2. The Morgan fingerprint density at radius 3 is 2.33 bits per heavy atom. The number of hydrogen-bond donors (Lipinski definition) is 1. The quantitative estimate of drug-likeness (QED) is 0.852. The Labute approximate surface area is 108 Å².